The van der Waals surface area contributed by atoms with E-state index in [4.69, 9.17) is 22.7 Å². The molecule has 0 spiro atoms. The second-order valence-corrected chi connectivity index (χ2v) is 5.90. The van der Waals surface area contributed by atoms with Crippen LogP contribution in [0.3, 0.4) is 0 Å². The molecule has 110 valence electrons. The first-order valence-corrected chi connectivity index (χ1v) is 7.51. The lowest BCUT2D eigenvalue weighted by atomic mass is 10.1. The fraction of sp³-hybridized carbons (Fsp3) is 0.200. The van der Waals surface area contributed by atoms with Crippen LogP contribution >= 0.6 is 28.1 Å². The fourth-order valence-electron chi connectivity index (χ4n) is 2.13. The fourth-order valence-corrected chi connectivity index (χ4v) is 2.80. The van der Waals surface area contributed by atoms with Crippen molar-refractivity contribution in [3.8, 4) is 5.75 Å². The Bertz CT molecular complexity index is 704. The molecule has 4 nitrogen and oxygen atoms in total. The summed E-state index contributed by atoms with van der Waals surface area (Å²) in [6.07, 6.45) is 0. The molecule has 0 saturated heterocycles. The van der Waals surface area contributed by atoms with Crippen molar-refractivity contribution < 1.29 is 4.74 Å². The summed E-state index contributed by atoms with van der Waals surface area (Å²) < 4.78 is 6.19. The molecule has 0 unspecified atom stereocenters. The molecule has 21 heavy (non-hydrogen) atoms. The monoisotopic (exact) mass is 365 g/mol. The van der Waals surface area contributed by atoms with E-state index in [9.17, 15) is 0 Å². The SMILES string of the molecule is COc1cc(Nc2cc(C)nc(C)c2C(N)=S)ccc1Br. The van der Waals surface area contributed by atoms with Gasteiger partial charge in [0.2, 0.25) is 0 Å². The molecule has 1 heterocycles. The number of ether oxygens (including phenoxy) is 1. The predicted molar refractivity (Wildman–Crippen MR) is 93.6 cm³/mol. The van der Waals surface area contributed by atoms with Crippen LogP contribution in [0.5, 0.6) is 5.75 Å². The number of hydrogen-bond donors (Lipinski definition) is 2. The largest absolute Gasteiger partial charge is 0.495 e. The Morgan fingerprint density at radius 1 is 1.33 bits per heavy atom. The molecule has 0 aliphatic heterocycles. The molecular formula is C15H16BrN3OS. The number of hydrogen-bond acceptors (Lipinski definition) is 4. The lowest BCUT2D eigenvalue weighted by Crippen LogP contribution is -2.15. The maximum absolute atomic E-state index is 5.82. The van der Waals surface area contributed by atoms with E-state index in [2.05, 4.69) is 26.2 Å². The van der Waals surface area contributed by atoms with E-state index in [0.717, 1.165) is 38.5 Å². The highest BCUT2D eigenvalue weighted by Crippen LogP contribution is 2.30. The number of nitrogens with two attached hydrogens (primary N) is 1. The molecule has 2 aromatic rings. The zero-order valence-corrected chi connectivity index (χ0v) is 14.4. The van der Waals surface area contributed by atoms with Gasteiger partial charge in [0.15, 0.2) is 0 Å². The normalized spacial score (nSPS) is 10.3. The van der Waals surface area contributed by atoms with Crippen LogP contribution < -0.4 is 15.8 Å². The van der Waals surface area contributed by atoms with Gasteiger partial charge in [-0.15, -0.1) is 0 Å². The van der Waals surface area contributed by atoms with Crippen LogP contribution in [-0.2, 0) is 0 Å². The van der Waals surface area contributed by atoms with Crippen molar-refractivity contribution in [1.82, 2.24) is 4.98 Å². The summed E-state index contributed by atoms with van der Waals surface area (Å²) in [4.78, 5) is 4.73. The van der Waals surface area contributed by atoms with Gasteiger partial charge >= 0.3 is 0 Å². The number of rotatable bonds is 4. The molecule has 0 aliphatic rings. The topological polar surface area (TPSA) is 60.2 Å². The molecule has 0 fully saturated rings. The van der Waals surface area contributed by atoms with Crippen molar-refractivity contribution in [2.75, 3.05) is 12.4 Å². The minimum absolute atomic E-state index is 0.326. The standard InChI is InChI=1S/C15H16BrN3OS/c1-8-6-12(14(15(17)21)9(2)18-8)19-10-4-5-11(16)13(7-10)20-3/h4-7H,1-3H3,(H2,17,21)(H,18,19). The van der Waals surface area contributed by atoms with Gasteiger partial charge in [0.05, 0.1) is 22.8 Å². The Labute approximate surface area is 137 Å². The quantitative estimate of drug-likeness (QED) is 0.805. The number of thiocarbonyl (C=S) groups is 1. The summed E-state index contributed by atoms with van der Waals surface area (Å²) in [6, 6.07) is 7.69. The number of anilines is 2. The molecule has 0 saturated carbocycles. The summed E-state index contributed by atoms with van der Waals surface area (Å²) >= 11 is 8.56. The highest BCUT2D eigenvalue weighted by molar-refractivity contribution is 9.10. The first kappa shape index (κ1) is 15.7. The van der Waals surface area contributed by atoms with Crippen LogP contribution in [0.15, 0.2) is 28.7 Å². The van der Waals surface area contributed by atoms with Crippen molar-refractivity contribution in [2.45, 2.75) is 13.8 Å². The number of halogens is 1. The molecule has 0 amide bonds. The summed E-state index contributed by atoms with van der Waals surface area (Å²) in [5, 5.41) is 3.33. The van der Waals surface area contributed by atoms with E-state index >= 15 is 0 Å². The maximum atomic E-state index is 5.82. The van der Waals surface area contributed by atoms with Crippen LogP contribution in [-0.4, -0.2) is 17.1 Å². The Hall–Kier alpha value is -1.66. The lowest BCUT2D eigenvalue weighted by molar-refractivity contribution is 0.412. The molecule has 6 heteroatoms. The number of pyridine rings is 1. The number of aromatic nitrogens is 1. The Balaban J connectivity index is 2.46. The molecule has 0 atom stereocenters. The molecule has 0 aliphatic carbocycles. The van der Waals surface area contributed by atoms with Gasteiger partial charge in [-0.2, -0.15) is 0 Å². The van der Waals surface area contributed by atoms with Gasteiger partial charge in [-0.05, 0) is 48.0 Å². The van der Waals surface area contributed by atoms with Gasteiger partial charge in [-0.3, -0.25) is 4.98 Å². The molecule has 2 rings (SSSR count). The average Bonchev–Trinajstić information content (AvgIpc) is 2.39. The van der Waals surface area contributed by atoms with Gasteiger partial charge < -0.3 is 15.8 Å². The third-order valence-electron chi connectivity index (χ3n) is 3.00. The Kier molecular flexibility index (Phi) is 4.80. The van der Waals surface area contributed by atoms with Gasteiger partial charge in [0.1, 0.15) is 10.7 Å². The van der Waals surface area contributed by atoms with E-state index in [0.29, 0.717) is 4.99 Å². The third-order valence-corrected chi connectivity index (χ3v) is 3.86. The van der Waals surface area contributed by atoms with Gasteiger partial charge in [0.25, 0.3) is 0 Å². The van der Waals surface area contributed by atoms with Crippen molar-refractivity contribution in [3.63, 3.8) is 0 Å². The predicted octanol–water partition coefficient (Wildman–Crippen LogP) is 3.85. The van der Waals surface area contributed by atoms with E-state index < -0.39 is 0 Å². The third kappa shape index (κ3) is 3.51. The second kappa shape index (κ2) is 6.41. The molecule has 0 bridgehead atoms. The highest BCUT2D eigenvalue weighted by Gasteiger charge is 2.12. The number of nitrogens with zero attached hydrogens (tertiary/aromatic N) is 1. The average molecular weight is 366 g/mol. The van der Waals surface area contributed by atoms with Gasteiger partial charge in [-0.1, -0.05) is 12.2 Å². The van der Waals surface area contributed by atoms with Crippen LogP contribution in [0.4, 0.5) is 11.4 Å². The zero-order chi connectivity index (χ0) is 15.6. The first-order chi connectivity index (χ1) is 9.92. The molecule has 0 radical (unpaired) electrons. The van der Waals surface area contributed by atoms with Crippen molar-refractivity contribution in [2.24, 2.45) is 5.73 Å². The summed E-state index contributed by atoms with van der Waals surface area (Å²) in [6.45, 7) is 3.83. The smallest absolute Gasteiger partial charge is 0.135 e. The molecule has 1 aromatic heterocycles. The van der Waals surface area contributed by atoms with E-state index in [1.54, 1.807) is 7.11 Å². The summed E-state index contributed by atoms with van der Waals surface area (Å²) in [5.74, 6) is 0.749. The number of benzene rings is 1. The number of methoxy groups -OCH3 is 1. The Morgan fingerprint density at radius 2 is 2.05 bits per heavy atom. The van der Waals surface area contributed by atoms with Crippen LogP contribution in [0.1, 0.15) is 17.0 Å². The summed E-state index contributed by atoms with van der Waals surface area (Å²) in [5.41, 5.74) is 10.0. The van der Waals surface area contributed by atoms with Gasteiger partial charge in [-0.25, -0.2) is 0 Å². The highest BCUT2D eigenvalue weighted by atomic mass is 79.9. The van der Waals surface area contributed by atoms with Crippen LogP contribution in [0.25, 0.3) is 0 Å². The van der Waals surface area contributed by atoms with Crippen molar-refractivity contribution in [1.29, 1.82) is 0 Å². The lowest BCUT2D eigenvalue weighted by Gasteiger charge is -2.15. The number of aryl methyl sites for hydroxylation is 2. The molecule has 3 N–H and O–H groups in total. The minimum atomic E-state index is 0.326. The Morgan fingerprint density at radius 3 is 2.67 bits per heavy atom. The summed E-state index contributed by atoms with van der Waals surface area (Å²) in [7, 11) is 1.63. The van der Waals surface area contributed by atoms with Crippen molar-refractivity contribution in [3.05, 3.63) is 45.7 Å². The maximum Gasteiger partial charge on any atom is 0.135 e. The number of nitrogens with one attached hydrogen (secondary N) is 1. The van der Waals surface area contributed by atoms with E-state index in [1.165, 1.54) is 0 Å². The van der Waals surface area contributed by atoms with Crippen LogP contribution in [0.2, 0.25) is 0 Å². The second-order valence-electron chi connectivity index (χ2n) is 4.61. The minimum Gasteiger partial charge on any atom is -0.495 e. The molecule has 1 aromatic carbocycles. The van der Waals surface area contributed by atoms with E-state index in [-0.39, 0.29) is 0 Å². The molecular weight excluding hydrogens is 350 g/mol. The first-order valence-electron chi connectivity index (χ1n) is 6.31. The zero-order valence-electron chi connectivity index (χ0n) is 12.0. The van der Waals surface area contributed by atoms with E-state index in [1.807, 2.05) is 38.1 Å². The van der Waals surface area contributed by atoms with Crippen LogP contribution in [0, 0.1) is 13.8 Å². The van der Waals surface area contributed by atoms with Gasteiger partial charge in [0, 0.05) is 23.1 Å². The van der Waals surface area contributed by atoms with Crippen molar-refractivity contribution >= 4 is 44.5 Å².